The first kappa shape index (κ1) is 15.3. The maximum Gasteiger partial charge on any atom is 0.418 e. The molecule has 9 heteroatoms. The van der Waals surface area contributed by atoms with Gasteiger partial charge in [-0.05, 0) is 31.0 Å². The Labute approximate surface area is 129 Å². The fourth-order valence-electron chi connectivity index (χ4n) is 2.50. The highest BCUT2D eigenvalue weighted by molar-refractivity contribution is 5.89. The van der Waals surface area contributed by atoms with Gasteiger partial charge in [-0.15, -0.1) is 0 Å². The van der Waals surface area contributed by atoms with E-state index in [1.807, 2.05) is 0 Å². The number of carbonyl (C=O) groups excluding carboxylic acids is 1. The van der Waals surface area contributed by atoms with E-state index in [9.17, 15) is 18.0 Å². The predicted molar refractivity (Wildman–Crippen MR) is 76.2 cm³/mol. The first-order valence-electron chi connectivity index (χ1n) is 7.07. The van der Waals surface area contributed by atoms with Crippen molar-refractivity contribution in [2.24, 2.45) is 0 Å². The SMILES string of the molecule is O=C(Nc1ccc(-n2cncn2)c(C(F)(F)F)c1)N1CCCC1. The number of halogens is 3. The molecule has 3 rings (SSSR count). The number of hydrogen-bond acceptors (Lipinski definition) is 3. The molecular weight excluding hydrogens is 311 g/mol. The summed E-state index contributed by atoms with van der Waals surface area (Å²) in [5, 5.41) is 6.23. The van der Waals surface area contributed by atoms with Gasteiger partial charge >= 0.3 is 12.2 Å². The van der Waals surface area contributed by atoms with Crippen molar-refractivity contribution in [3.8, 4) is 5.69 Å². The Morgan fingerprint density at radius 3 is 2.57 bits per heavy atom. The van der Waals surface area contributed by atoms with E-state index in [-0.39, 0.29) is 17.4 Å². The molecule has 1 aromatic carbocycles. The number of benzene rings is 1. The Morgan fingerprint density at radius 1 is 1.22 bits per heavy atom. The Bertz CT molecular complexity index is 693. The maximum absolute atomic E-state index is 13.3. The van der Waals surface area contributed by atoms with Crippen LogP contribution in [-0.2, 0) is 6.18 Å². The molecule has 0 atom stereocenters. The number of aromatic nitrogens is 3. The van der Waals surface area contributed by atoms with Gasteiger partial charge in [0.05, 0.1) is 11.3 Å². The molecule has 1 fully saturated rings. The lowest BCUT2D eigenvalue weighted by Gasteiger charge is -2.18. The minimum Gasteiger partial charge on any atom is -0.325 e. The number of nitrogens with zero attached hydrogens (tertiary/aromatic N) is 4. The zero-order valence-electron chi connectivity index (χ0n) is 12.0. The minimum absolute atomic E-state index is 0.0955. The number of amides is 2. The summed E-state index contributed by atoms with van der Waals surface area (Å²) < 4.78 is 40.9. The Hall–Kier alpha value is -2.58. The number of likely N-dealkylation sites (tertiary alicyclic amines) is 1. The molecule has 1 aliphatic rings. The standard InChI is InChI=1S/C14H14F3N5O/c15-14(16,17)11-7-10(20-13(23)21-5-1-2-6-21)3-4-12(11)22-9-18-8-19-22/h3-4,7-9H,1-2,5-6H2,(H,20,23). The number of carbonyl (C=O) groups is 1. The average molecular weight is 325 g/mol. The van der Waals surface area contributed by atoms with Crippen LogP contribution >= 0.6 is 0 Å². The van der Waals surface area contributed by atoms with Crippen molar-refractivity contribution < 1.29 is 18.0 Å². The third-order valence-electron chi connectivity index (χ3n) is 3.61. The molecule has 0 radical (unpaired) electrons. The number of alkyl halides is 3. The van der Waals surface area contributed by atoms with Crippen molar-refractivity contribution in [1.29, 1.82) is 0 Å². The second kappa shape index (κ2) is 5.90. The number of rotatable bonds is 2. The van der Waals surface area contributed by atoms with Crippen LogP contribution in [0.2, 0.25) is 0 Å². The highest BCUT2D eigenvalue weighted by Gasteiger charge is 2.35. The summed E-state index contributed by atoms with van der Waals surface area (Å²) in [7, 11) is 0. The topological polar surface area (TPSA) is 63.1 Å². The van der Waals surface area contributed by atoms with E-state index in [4.69, 9.17) is 0 Å². The van der Waals surface area contributed by atoms with Crippen LogP contribution in [0.25, 0.3) is 5.69 Å². The molecule has 0 saturated carbocycles. The molecule has 2 aromatic rings. The van der Waals surface area contributed by atoms with Crippen molar-refractivity contribution >= 4 is 11.7 Å². The average Bonchev–Trinajstić information content (AvgIpc) is 3.20. The Balaban J connectivity index is 1.89. The molecule has 0 bridgehead atoms. The zero-order valence-corrected chi connectivity index (χ0v) is 12.0. The molecular formula is C14H14F3N5O. The molecule has 1 aliphatic heterocycles. The van der Waals surface area contributed by atoms with Crippen LogP contribution in [0.3, 0.4) is 0 Å². The summed E-state index contributed by atoms with van der Waals surface area (Å²) in [6, 6.07) is 3.20. The highest BCUT2D eigenvalue weighted by Crippen LogP contribution is 2.35. The largest absolute Gasteiger partial charge is 0.418 e. The van der Waals surface area contributed by atoms with Gasteiger partial charge in [-0.25, -0.2) is 14.5 Å². The van der Waals surface area contributed by atoms with Crippen LogP contribution in [0.4, 0.5) is 23.7 Å². The third kappa shape index (κ3) is 3.27. The second-order valence-corrected chi connectivity index (χ2v) is 5.19. The predicted octanol–water partition coefficient (Wildman–Crippen LogP) is 2.91. The summed E-state index contributed by atoms with van der Waals surface area (Å²) in [5.41, 5.74) is -0.936. The zero-order chi connectivity index (χ0) is 16.4. The van der Waals surface area contributed by atoms with E-state index >= 15 is 0 Å². The summed E-state index contributed by atoms with van der Waals surface area (Å²) in [5.74, 6) is 0. The lowest BCUT2D eigenvalue weighted by atomic mass is 10.1. The van der Waals surface area contributed by atoms with E-state index in [0.29, 0.717) is 13.1 Å². The molecule has 122 valence electrons. The van der Waals surface area contributed by atoms with E-state index < -0.39 is 11.7 Å². The number of nitrogens with one attached hydrogen (secondary N) is 1. The number of anilines is 1. The van der Waals surface area contributed by atoms with Gasteiger partial charge in [0.25, 0.3) is 0 Å². The number of urea groups is 1. The summed E-state index contributed by atoms with van der Waals surface area (Å²) >= 11 is 0. The van der Waals surface area contributed by atoms with E-state index in [1.165, 1.54) is 18.5 Å². The van der Waals surface area contributed by atoms with Crippen LogP contribution in [-0.4, -0.2) is 38.8 Å². The number of hydrogen-bond donors (Lipinski definition) is 1. The van der Waals surface area contributed by atoms with Gasteiger partial charge < -0.3 is 10.2 Å². The molecule has 2 amide bonds. The van der Waals surface area contributed by atoms with Gasteiger partial charge in [0, 0.05) is 18.8 Å². The fraction of sp³-hybridized carbons (Fsp3) is 0.357. The Kier molecular flexibility index (Phi) is 3.93. The lowest BCUT2D eigenvalue weighted by Crippen LogP contribution is -2.32. The van der Waals surface area contributed by atoms with E-state index in [0.717, 1.165) is 29.9 Å². The molecule has 6 nitrogen and oxygen atoms in total. The van der Waals surface area contributed by atoms with E-state index in [2.05, 4.69) is 15.4 Å². The molecule has 0 spiro atoms. The summed E-state index contributed by atoms with van der Waals surface area (Å²) in [6.07, 6.45) is -0.412. The summed E-state index contributed by atoms with van der Waals surface area (Å²) in [4.78, 5) is 17.2. The monoisotopic (exact) mass is 325 g/mol. The first-order chi connectivity index (χ1) is 10.9. The molecule has 1 saturated heterocycles. The van der Waals surface area contributed by atoms with Crippen molar-refractivity contribution in [2.75, 3.05) is 18.4 Å². The van der Waals surface area contributed by atoms with Gasteiger partial charge in [0.1, 0.15) is 12.7 Å². The van der Waals surface area contributed by atoms with Crippen molar-refractivity contribution in [2.45, 2.75) is 19.0 Å². The second-order valence-electron chi connectivity index (χ2n) is 5.19. The van der Waals surface area contributed by atoms with Gasteiger partial charge in [0.15, 0.2) is 0 Å². The van der Waals surface area contributed by atoms with Gasteiger partial charge in [0.2, 0.25) is 0 Å². The summed E-state index contributed by atoms with van der Waals surface area (Å²) in [6.45, 7) is 1.24. The van der Waals surface area contributed by atoms with Gasteiger partial charge in [-0.2, -0.15) is 18.3 Å². The van der Waals surface area contributed by atoms with Crippen LogP contribution in [0.1, 0.15) is 18.4 Å². The molecule has 23 heavy (non-hydrogen) atoms. The van der Waals surface area contributed by atoms with E-state index in [1.54, 1.807) is 4.90 Å². The van der Waals surface area contributed by atoms with Gasteiger partial charge in [-0.3, -0.25) is 0 Å². The van der Waals surface area contributed by atoms with Crippen molar-refractivity contribution in [1.82, 2.24) is 19.7 Å². The third-order valence-corrected chi connectivity index (χ3v) is 3.61. The fourth-order valence-corrected chi connectivity index (χ4v) is 2.50. The van der Waals surface area contributed by atoms with Crippen molar-refractivity contribution in [3.05, 3.63) is 36.4 Å². The quantitative estimate of drug-likeness (QED) is 0.923. The molecule has 1 N–H and O–H groups in total. The van der Waals surface area contributed by atoms with Gasteiger partial charge in [-0.1, -0.05) is 0 Å². The lowest BCUT2D eigenvalue weighted by molar-refractivity contribution is -0.137. The normalized spacial score (nSPS) is 15.0. The molecule has 0 aliphatic carbocycles. The maximum atomic E-state index is 13.3. The molecule has 0 unspecified atom stereocenters. The van der Waals surface area contributed by atoms with Crippen LogP contribution in [0, 0.1) is 0 Å². The first-order valence-corrected chi connectivity index (χ1v) is 7.07. The highest BCUT2D eigenvalue weighted by atomic mass is 19.4. The smallest absolute Gasteiger partial charge is 0.325 e. The Morgan fingerprint density at radius 2 is 1.96 bits per heavy atom. The van der Waals surface area contributed by atoms with Crippen LogP contribution in [0.5, 0.6) is 0 Å². The van der Waals surface area contributed by atoms with Crippen molar-refractivity contribution in [3.63, 3.8) is 0 Å². The molecule has 2 heterocycles. The molecule has 1 aromatic heterocycles. The van der Waals surface area contributed by atoms with Crippen LogP contribution in [0.15, 0.2) is 30.9 Å². The van der Waals surface area contributed by atoms with Crippen LogP contribution < -0.4 is 5.32 Å². The minimum atomic E-state index is -4.57.